The van der Waals surface area contributed by atoms with Gasteiger partial charge in [0.1, 0.15) is 0 Å². The molecule has 0 radical (unpaired) electrons. The first-order valence-electron chi connectivity index (χ1n) is 4.77. The second kappa shape index (κ2) is 6.41. The predicted molar refractivity (Wildman–Crippen MR) is 95.2 cm³/mol. The van der Waals surface area contributed by atoms with Crippen molar-refractivity contribution in [3.05, 3.63) is 53.2 Å². The Morgan fingerprint density at radius 2 is 1.12 bits per heavy atom. The zero-order valence-electron chi connectivity index (χ0n) is 8.57. The van der Waals surface area contributed by atoms with E-state index >= 15 is 0 Å². The van der Waals surface area contributed by atoms with E-state index in [1.165, 1.54) is 10.7 Å². The van der Waals surface area contributed by atoms with E-state index in [4.69, 9.17) is 0 Å². The molecule has 0 aromatic heterocycles. The fraction of sp³-hybridized carbons (Fsp3) is 0. The maximum Gasteiger partial charge on any atom is 0.0878 e. The van der Waals surface area contributed by atoms with Gasteiger partial charge in [-0.1, -0.05) is 0 Å². The van der Waals surface area contributed by atoms with Gasteiger partial charge in [0.2, 0.25) is 0 Å². The zero-order valence-corrected chi connectivity index (χ0v) is 15.0. The SMILES string of the molecule is Ic1ccc(N=Nc2cc(I)cc(I)c2)cc1. The number of nitrogens with zero attached hydrogens (tertiary/aromatic N) is 2. The molecule has 2 aromatic rings. The molecule has 2 nitrogen and oxygen atoms in total. The summed E-state index contributed by atoms with van der Waals surface area (Å²) < 4.78 is 3.54. The van der Waals surface area contributed by atoms with E-state index in [2.05, 4.69) is 84.1 Å². The van der Waals surface area contributed by atoms with Gasteiger partial charge < -0.3 is 0 Å². The van der Waals surface area contributed by atoms with Gasteiger partial charge in [-0.05, 0) is 110 Å². The highest BCUT2D eigenvalue weighted by Crippen LogP contribution is 2.23. The fourth-order valence-corrected chi connectivity index (χ4v) is 3.48. The number of benzene rings is 2. The molecule has 0 amide bonds. The maximum atomic E-state index is 4.24. The number of halogens is 3. The van der Waals surface area contributed by atoms with Crippen LogP contribution in [0.3, 0.4) is 0 Å². The smallest absolute Gasteiger partial charge is 0.0878 e. The first kappa shape index (κ1) is 13.7. The molecule has 2 rings (SSSR count). The monoisotopic (exact) mass is 560 g/mol. The third-order valence-electron chi connectivity index (χ3n) is 1.95. The molecule has 17 heavy (non-hydrogen) atoms. The number of azo groups is 1. The van der Waals surface area contributed by atoms with Crippen LogP contribution in [-0.2, 0) is 0 Å². The molecular weight excluding hydrogens is 553 g/mol. The minimum atomic E-state index is 0.874. The Bertz CT molecular complexity index is 530. The van der Waals surface area contributed by atoms with Crippen LogP contribution in [0.1, 0.15) is 0 Å². The Kier molecular flexibility index (Phi) is 5.15. The summed E-state index contributed by atoms with van der Waals surface area (Å²) >= 11 is 6.84. The lowest BCUT2D eigenvalue weighted by Crippen LogP contribution is -1.74. The van der Waals surface area contributed by atoms with Crippen LogP contribution in [0.25, 0.3) is 0 Å². The number of rotatable bonds is 2. The third-order valence-corrected chi connectivity index (χ3v) is 3.92. The minimum absolute atomic E-state index is 0.874. The lowest BCUT2D eigenvalue weighted by Gasteiger charge is -1.97. The molecule has 0 fully saturated rings. The summed E-state index contributed by atoms with van der Waals surface area (Å²) in [6.07, 6.45) is 0. The van der Waals surface area contributed by atoms with Gasteiger partial charge in [-0.25, -0.2) is 0 Å². The lowest BCUT2D eigenvalue weighted by molar-refractivity contribution is 1.22. The van der Waals surface area contributed by atoms with E-state index in [0.29, 0.717) is 0 Å². The average molecular weight is 560 g/mol. The lowest BCUT2D eigenvalue weighted by atomic mass is 10.3. The molecule has 0 spiro atoms. The molecule has 0 saturated carbocycles. The normalized spacial score (nSPS) is 11.0. The molecule has 0 atom stereocenters. The van der Waals surface area contributed by atoms with Crippen LogP contribution >= 0.6 is 67.8 Å². The number of hydrogen-bond donors (Lipinski definition) is 0. The quantitative estimate of drug-likeness (QED) is 0.323. The van der Waals surface area contributed by atoms with Crippen molar-refractivity contribution in [3.63, 3.8) is 0 Å². The maximum absolute atomic E-state index is 4.24. The van der Waals surface area contributed by atoms with Crippen LogP contribution in [0.15, 0.2) is 52.7 Å². The van der Waals surface area contributed by atoms with Gasteiger partial charge in [0.15, 0.2) is 0 Å². The van der Waals surface area contributed by atoms with Crippen molar-refractivity contribution in [3.8, 4) is 0 Å². The van der Waals surface area contributed by atoms with Crippen molar-refractivity contribution in [1.82, 2.24) is 0 Å². The summed E-state index contributed by atoms with van der Waals surface area (Å²) in [7, 11) is 0. The molecular formula is C12H7I3N2. The molecule has 0 bridgehead atoms. The topological polar surface area (TPSA) is 24.7 Å². The van der Waals surface area contributed by atoms with Crippen LogP contribution in [0.4, 0.5) is 11.4 Å². The largest absolute Gasteiger partial charge is 0.151 e. The first-order valence-corrected chi connectivity index (χ1v) is 8.00. The van der Waals surface area contributed by atoms with E-state index in [9.17, 15) is 0 Å². The highest BCUT2D eigenvalue weighted by atomic mass is 127. The zero-order chi connectivity index (χ0) is 12.3. The van der Waals surface area contributed by atoms with Crippen LogP contribution in [0.5, 0.6) is 0 Å². The van der Waals surface area contributed by atoms with Gasteiger partial charge >= 0.3 is 0 Å². The minimum Gasteiger partial charge on any atom is -0.151 e. The van der Waals surface area contributed by atoms with E-state index in [-0.39, 0.29) is 0 Å². The van der Waals surface area contributed by atoms with Gasteiger partial charge in [0.25, 0.3) is 0 Å². The van der Waals surface area contributed by atoms with Crippen molar-refractivity contribution in [2.75, 3.05) is 0 Å². The van der Waals surface area contributed by atoms with Gasteiger partial charge in [0, 0.05) is 10.7 Å². The van der Waals surface area contributed by atoms with E-state index in [0.717, 1.165) is 11.4 Å². The second-order valence-electron chi connectivity index (χ2n) is 3.30. The summed E-state index contributed by atoms with van der Waals surface area (Å²) in [5, 5.41) is 8.46. The number of hydrogen-bond acceptors (Lipinski definition) is 2. The van der Waals surface area contributed by atoms with Crippen molar-refractivity contribution in [2.45, 2.75) is 0 Å². The summed E-state index contributed by atoms with van der Waals surface area (Å²) in [5.41, 5.74) is 1.76. The Hall–Kier alpha value is 0.230. The van der Waals surface area contributed by atoms with Crippen LogP contribution in [0, 0.1) is 10.7 Å². The molecule has 0 saturated heterocycles. The third kappa shape index (κ3) is 4.43. The van der Waals surface area contributed by atoms with Gasteiger partial charge in [0.05, 0.1) is 11.4 Å². The van der Waals surface area contributed by atoms with Crippen molar-refractivity contribution in [1.29, 1.82) is 0 Å². The van der Waals surface area contributed by atoms with E-state index in [1.807, 2.05) is 36.4 Å². The highest BCUT2D eigenvalue weighted by Gasteiger charge is 1.96. The van der Waals surface area contributed by atoms with E-state index < -0.39 is 0 Å². The van der Waals surface area contributed by atoms with E-state index in [1.54, 1.807) is 0 Å². The Morgan fingerprint density at radius 3 is 1.71 bits per heavy atom. The first-order chi connectivity index (χ1) is 8.13. The van der Waals surface area contributed by atoms with Crippen LogP contribution < -0.4 is 0 Å². The standard InChI is InChI=1S/C12H7I3N2/c13-8-1-3-11(4-2-8)16-17-12-6-9(14)5-10(15)7-12/h1-7H. The van der Waals surface area contributed by atoms with Crippen LogP contribution in [0.2, 0.25) is 0 Å². The van der Waals surface area contributed by atoms with Gasteiger partial charge in [-0.2, -0.15) is 10.2 Å². The summed E-state index contributed by atoms with van der Waals surface area (Å²) in [6, 6.07) is 14.1. The van der Waals surface area contributed by atoms with Gasteiger partial charge in [-0.15, -0.1) is 0 Å². The van der Waals surface area contributed by atoms with Crippen LogP contribution in [-0.4, -0.2) is 0 Å². The summed E-state index contributed by atoms with van der Waals surface area (Å²) in [6.45, 7) is 0. The second-order valence-corrected chi connectivity index (χ2v) is 7.04. The summed E-state index contributed by atoms with van der Waals surface area (Å²) in [4.78, 5) is 0. The van der Waals surface area contributed by atoms with Crippen molar-refractivity contribution < 1.29 is 0 Å². The van der Waals surface area contributed by atoms with Crippen molar-refractivity contribution >= 4 is 79.1 Å². The fourth-order valence-electron chi connectivity index (χ4n) is 1.22. The Balaban J connectivity index is 2.22. The molecule has 0 unspecified atom stereocenters. The van der Waals surface area contributed by atoms with Crippen molar-refractivity contribution in [2.24, 2.45) is 10.2 Å². The summed E-state index contributed by atoms with van der Waals surface area (Å²) in [5.74, 6) is 0. The van der Waals surface area contributed by atoms with Gasteiger partial charge in [-0.3, -0.25) is 0 Å². The Morgan fingerprint density at radius 1 is 0.588 bits per heavy atom. The molecule has 86 valence electrons. The Labute approximate surface area is 141 Å². The molecule has 0 aliphatic rings. The molecule has 0 aliphatic heterocycles. The highest BCUT2D eigenvalue weighted by molar-refractivity contribution is 14.1. The molecule has 0 aliphatic carbocycles. The average Bonchev–Trinajstić information content (AvgIpc) is 2.27. The molecule has 2 aromatic carbocycles. The molecule has 5 heteroatoms. The molecule has 0 heterocycles. The predicted octanol–water partition coefficient (Wildman–Crippen LogP) is 5.92. The molecule has 0 N–H and O–H groups in total.